The number of benzene rings is 1. The van der Waals surface area contributed by atoms with Gasteiger partial charge in [0.25, 0.3) is 0 Å². The summed E-state index contributed by atoms with van der Waals surface area (Å²) in [5.74, 6) is 3.49. The molecule has 0 aromatic heterocycles. The Hall–Kier alpha value is -2.23. The highest BCUT2D eigenvalue weighted by Gasteiger charge is 2.38. The fourth-order valence-corrected chi connectivity index (χ4v) is 1.50. The molecule has 0 radical (unpaired) electrons. The SMILES string of the molecule is C#CCC(CC#C)(OCc1ccccc1)C(=O)O. The number of terminal acetylenes is 2. The lowest BCUT2D eigenvalue weighted by molar-refractivity contribution is -0.166. The molecule has 1 N–H and O–H groups in total. The van der Waals surface area contributed by atoms with Crippen LogP contribution in [0.25, 0.3) is 0 Å². The fraction of sp³-hybridized carbons (Fsp3) is 0.267. The molecule has 0 unspecified atom stereocenters. The van der Waals surface area contributed by atoms with Crippen molar-refractivity contribution in [2.75, 3.05) is 0 Å². The van der Waals surface area contributed by atoms with Crippen molar-refractivity contribution in [2.45, 2.75) is 25.0 Å². The highest BCUT2D eigenvalue weighted by atomic mass is 16.5. The molecule has 0 saturated heterocycles. The van der Waals surface area contributed by atoms with Crippen LogP contribution >= 0.6 is 0 Å². The van der Waals surface area contributed by atoms with Crippen LogP contribution in [0.3, 0.4) is 0 Å². The van der Waals surface area contributed by atoms with Gasteiger partial charge in [0.1, 0.15) is 0 Å². The van der Waals surface area contributed by atoms with Gasteiger partial charge in [0.05, 0.1) is 6.61 Å². The van der Waals surface area contributed by atoms with Gasteiger partial charge in [0.2, 0.25) is 0 Å². The van der Waals surface area contributed by atoms with E-state index in [-0.39, 0.29) is 19.4 Å². The molecule has 0 heterocycles. The first kappa shape index (κ1) is 13.8. The lowest BCUT2D eigenvalue weighted by atomic mass is 9.96. The molecular weight excluding hydrogens is 228 g/mol. The van der Waals surface area contributed by atoms with Gasteiger partial charge in [-0.05, 0) is 5.56 Å². The summed E-state index contributed by atoms with van der Waals surface area (Å²) in [4.78, 5) is 11.3. The molecule has 18 heavy (non-hydrogen) atoms. The zero-order chi connectivity index (χ0) is 13.4. The van der Waals surface area contributed by atoms with Crippen LogP contribution in [0, 0.1) is 24.7 Å². The van der Waals surface area contributed by atoms with E-state index in [0.717, 1.165) is 5.56 Å². The van der Waals surface area contributed by atoms with Gasteiger partial charge < -0.3 is 9.84 Å². The van der Waals surface area contributed by atoms with E-state index >= 15 is 0 Å². The van der Waals surface area contributed by atoms with Gasteiger partial charge in [-0.25, -0.2) is 4.79 Å². The van der Waals surface area contributed by atoms with Crippen LogP contribution in [0.1, 0.15) is 18.4 Å². The van der Waals surface area contributed by atoms with Crippen molar-refractivity contribution < 1.29 is 14.6 Å². The summed E-state index contributed by atoms with van der Waals surface area (Å²) in [5.41, 5.74) is -0.628. The third-order valence-electron chi connectivity index (χ3n) is 2.52. The second kappa shape index (κ2) is 6.49. The number of ether oxygens (including phenoxy) is 1. The Morgan fingerprint density at radius 1 is 1.22 bits per heavy atom. The number of aliphatic carboxylic acids is 1. The summed E-state index contributed by atoms with van der Waals surface area (Å²) in [6.45, 7) is 0.163. The molecule has 92 valence electrons. The molecule has 0 atom stereocenters. The van der Waals surface area contributed by atoms with Gasteiger partial charge in [0, 0.05) is 12.8 Å². The molecule has 0 aliphatic heterocycles. The van der Waals surface area contributed by atoms with Gasteiger partial charge in [-0.3, -0.25) is 0 Å². The van der Waals surface area contributed by atoms with E-state index in [9.17, 15) is 9.90 Å². The molecule has 0 fully saturated rings. The zero-order valence-corrected chi connectivity index (χ0v) is 9.93. The number of carboxylic acid groups (broad SMARTS) is 1. The number of carboxylic acids is 1. The molecule has 1 aromatic rings. The molecule has 0 spiro atoms. The Kier molecular flexibility index (Phi) is 4.99. The van der Waals surface area contributed by atoms with E-state index in [2.05, 4.69) is 11.8 Å². The summed E-state index contributed by atoms with van der Waals surface area (Å²) in [6, 6.07) is 9.26. The van der Waals surface area contributed by atoms with E-state index < -0.39 is 11.6 Å². The van der Waals surface area contributed by atoms with Crippen LogP contribution in [0.15, 0.2) is 30.3 Å². The number of hydrogen-bond donors (Lipinski definition) is 1. The minimum atomic E-state index is -1.50. The van der Waals surface area contributed by atoms with E-state index in [4.69, 9.17) is 17.6 Å². The smallest absolute Gasteiger partial charge is 0.338 e. The number of hydrogen-bond acceptors (Lipinski definition) is 2. The van der Waals surface area contributed by atoms with Gasteiger partial charge in [-0.1, -0.05) is 30.3 Å². The van der Waals surface area contributed by atoms with Gasteiger partial charge in [-0.2, -0.15) is 0 Å². The first-order valence-corrected chi connectivity index (χ1v) is 5.43. The molecule has 1 rings (SSSR count). The zero-order valence-electron chi connectivity index (χ0n) is 9.93. The highest BCUT2D eigenvalue weighted by molar-refractivity contribution is 5.78. The van der Waals surface area contributed by atoms with Crippen LogP contribution < -0.4 is 0 Å². The lowest BCUT2D eigenvalue weighted by Gasteiger charge is -2.25. The lowest BCUT2D eigenvalue weighted by Crippen LogP contribution is -2.41. The van der Waals surface area contributed by atoms with Crippen molar-refractivity contribution in [3.63, 3.8) is 0 Å². The Morgan fingerprint density at radius 2 is 1.78 bits per heavy atom. The van der Waals surface area contributed by atoms with Crippen LogP contribution in [0.2, 0.25) is 0 Å². The van der Waals surface area contributed by atoms with Gasteiger partial charge in [0.15, 0.2) is 5.60 Å². The Balaban J connectivity index is 2.82. The Morgan fingerprint density at radius 3 is 2.22 bits per heavy atom. The number of rotatable bonds is 6. The third-order valence-corrected chi connectivity index (χ3v) is 2.52. The average Bonchev–Trinajstić information content (AvgIpc) is 2.37. The molecule has 3 nitrogen and oxygen atoms in total. The first-order chi connectivity index (χ1) is 8.64. The summed E-state index contributed by atoms with van der Waals surface area (Å²) in [5, 5.41) is 9.25. The maximum atomic E-state index is 11.3. The molecule has 3 heteroatoms. The van der Waals surface area contributed by atoms with Crippen LogP contribution in [0.5, 0.6) is 0 Å². The van der Waals surface area contributed by atoms with Crippen molar-refractivity contribution in [2.24, 2.45) is 0 Å². The molecule has 0 amide bonds. The second-order valence-electron chi connectivity index (χ2n) is 3.84. The van der Waals surface area contributed by atoms with Crippen molar-refractivity contribution in [3.05, 3.63) is 35.9 Å². The minimum Gasteiger partial charge on any atom is -0.479 e. The van der Waals surface area contributed by atoms with E-state index in [1.807, 2.05) is 30.3 Å². The fourth-order valence-electron chi connectivity index (χ4n) is 1.50. The van der Waals surface area contributed by atoms with E-state index in [1.54, 1.807) is 0 Å². The van der Waals surface area contributed by atoms with Crippen LogP contribution in [-0.4, -0.2) is 16.7 Å². The predicted octanol–water partition coefficient (Wildman–Crippen LogP) is 2.07. The van der Waals surface area contributed by atoms with Crippen LogP contribution in [0.4, 0.5) is 0 Å². The van der Waals surface area contributed by atoms with Crippen molar-refractivity contribution in [1.82, 2.24) is 0 Å². The molecule has 0 saturated carbocycles. The molecule has 0 aliphatic carbocycles. The average molecular weight is 242 g/mol. The largest absolute Gasteiger partial charge is 0.479 e. The first-order valence-electron chi connectivity index (χ1n) is 5.43. The Bertz CT molecular complexity index is 461. The van der Waals surface area contributed by atoms with Gasteiger partial charge >= 0.3 is 5.97 Å². The summed E-state index contributed by atoms with van der Waals surface area (Å²) in [7, 11) is 0. The molecule has 1 aromatic carbocycles. The quantitative estimate of drug-likeness (QED) is 0.777. The second-order valence-corrected chi connectivity index (χ2v) is 3.84. The van der Waals surface area contributed by atoms with Crippen LogP contribution in [-0.2, 0) is 16.1 Å². The molecule has 0 aliphatic rings. The highest BCUT2D eigenvalue weighted by Crippen LogP contribution is 2.22. The Labute approximate surface area is 107 Å². The van der Waals surface area contributed by atoms with Crippen molar-refractivity contribution >= 4 is 5.97 Å². The summed E-state index contributed by atoms with van der Waals surface area (Å²) < 4.78 is 5.47. The van der Waals surface area contributed by atoms with Crippen molar-refractivity contribution in [3.8, 4) is 24.7 Å². The standard InChI is InChI=1S/C15H14O3/c1-3-10-15(11-4-2,14(16)17)18-12-13-8-6-5-7-9-13/h1-2,5-9H,10-12H2,(H,16,17). The number of carbonyl (C=O) groups is 1. The topological polar surface area (TPSA) is 46.5 Å². The predicted molar refractivity (Wildman–Crippen MR) is 68.5 cm³/mol. The third kappa shape index (κ3) is 3.38. The normalized spacial score (nSPS) is 10.3. The monoisotopic (exact) mass is 242 g/mol. The van der Waals surface area contributed by atoms with Gasteiger partial charge in [-0.15, -0.1) is 24.7 Å². The molecular formula is C15H14O3. The maximum absolute atomic E-state index is 11.3. The summed E-state index contributed by atoms with van der Waals surface area (Å²) in [6.07, 6.45) is 10.3. The summed E-state index contributed by atoms with van der Waals surface area (Å²) >= 11 is 0. The minimum absolute atomic E-state index is 0.0562. The van der Waals surface area contributed by atoms with Crippen molar-refractivity contribution in [1.29, 1.82) is 0 Å². The van der Waals surface area contributed by atoms with E-state index in [0.29, 0.717) is 0 Å². The maximum Gasteiger partial charge on any atom is 0.338 e. The van der Waals surface area contributed by atoms with E-state index in [1.165, 1.54) is 0 Å². The molecule has 0 bridgehead atoms.